The quantitative estimate of drug-likeness (QED) is 0.549. The Morgan fingerprint density at radius 2 is 1.26 bits per heavy atom. The first-order chi connectivity index (χ1) is 16.7. The van der Waals surface area contributed by atoms with Gasteiger partial charge in [0, 0.05) is 6.04 Å². The van der Waals surface area contributed by atoms with E-state index in [-0.39, 0.29) is 12.0 Å². The summed E-state index contributed by atoms with van der Waals surface area (Å²) >= 11 is 0. The zero-order valence-electron chi connectivity index (χ0n) is 21.8. The van der Waals surface area contributed by atoms with E-state index in [1.807, 2.05) is 12.1 Å². The number of rotatable bonds is 3. The summed E-state index contributed by atoms with van der Waals surface area (Å²) in [5.74, 6) is 0.617. The molecule has 1 heterocycles. The molecule has 4 aliphatic carbocycles. The molecule has 6 rings (SSSR count). The van der Waals surface area contributed by atoms with Crippen molar-refractivity contribution in [3.8, 4) is 5.75 Å². The normalized spacial score (nSPS) is 32.7. The SMILES string of the molecule is COC(=O)[C@@H]1N[C@H](c2ccc(OC)cc2)C23C4=C(C)C(C)=C2C(C)=C(C)C2=C(C)C(C)=C(C=C4)C213. The van der Waals surface area contributed by atoms with Gasteiger partial charge < -0.3 is 9.47 Å². The summed E-state index contributed by atoms with van der Waals surface area (Å²) in [6, 6.07) is 7.71. The second-order valence-corrected chi connectivity index (χ2v) is 10.6. The number of carbonyl (C=O) groups excluding carboxylic acids is 1. The third kappa shape index (κ3) is 2.17. The highest BCUT2D eigenvalue weighted by Crippen LogP contribution is 2.80. The predicted molar refractivity (Wildman–Crippen MR) is 138 cm³/mol. The molecule has 2 unspecified atom stereocenters. The molecule has 0 radical (unpaired) electrons. The van der Waals surface area contributed by atoms with Gasteiger partial charge in [0.15, 0.2) is 0 Å². The third-order valence-electron chi connectivity index (χ3n) is 9.76. The number of benzene rings is 1. The smallest absolute Gasteiger partial charge is 0.324 e. The Kier molecular flexibility index (Phi) is 4.46. The van der Waals surface area contributed by atoms with Crippen LogP contribution >= 0.6 is 0 Å². The van der Waals surface area contributed by atoms with E-state index in [2.05, 4.69) is 71.1 Å². The maximum atomic E-state index is 13.7. The van der Waals surface area contributed by atoms with Crippen molar-refractivity contribution in [2.75, 3.05) is 14.2 Å². The Balaban J connectivity index is 1.81. The van der Waals surface area contributed by atoms with Gasteiger partial charge in [0.05, 0.1) is 25.0 Å². The monoisotopic (exact) mass is 467 g/mol. The summed E-state index contributed by atoms with van der Waals surface area (Å²) < 4.78 is 11.0. The molecule has 4 nitrogen and oxygen atoms in total. The summed E-state index contributed by atoms with van der Waals surface area (Å²) in [6.07, 6.45) is 4.60. The fourth-order valence-corrected chi connectivity index (χ4v) is 8.24. The highest BCUT2D eigenvalue weighted by Gasteiger charge is 2.77. The maximum Gasteiger partial charge on any atom is 0.324 e. The molecule has 4 heteroatoms. The molecule has 1 aliphatic heterocycles. The van der Waals surface area contributed by atoms with Gasteiger partial charge in [-0.25, -0.2) is 0 Å². The van der Waals surface area contributed by atoms with Crippen molar-refractivity contribution < 1.29 is 14.3 Å². The molecule has 0 bridgehead atoms. The van der Waals surface area contributed by atoms with Crippen molar-refractivity contribution in [2.45, 2.75) is 53.6 Å². The number of ether oxygens (including phenoxy) is 2. The molecule has 1 aromatic carbocycles. The third-order valence-corrected chi connectivity index (χ3v) is 9.76. The van der Waals surface area contributed by atoms with Gasteiger partial charge in [-0.1, -0.05) is 24.3 Å². The van der Waals surface area contributed by atoms with Crippen LogP contribution in [0.25, 0.3) is 0 Å². The predicted octanol–water partition coefficient (Wildman–Crippen LogP) is 6.07. The summed E-state index contributed by atoms with van der Waals surface area (Å²) in [6.45, 7) is 13.5. The van der Waals surface area contributed by atoms with Crippen LogP contribution in [0.4, 0.5) is 0 Å². The van der Waals surface area contributed by atoms with Gasteiger partial charge in [-0.2, -0.15) is 0 Å². The molecular weight excluding hydrogens is 434 g/mol. The van der Waals surface area contributed by atoms with Crippen molar-refractivity contribution >= 4 is 5.97 Å². The van der Waals surface area contributed by atoms with Crippen LogP contribution in [0, 0.1) is 10.8 Å². The maximum absolute atomic E-state index is 13.7. The summed E-state index contributed by atoms with van der Waals surface area (Å²) in [5, 5.41) is 3.87. The largest absolute Gasteiger partial charge is 0.497 e. The summed E-state index contributed by atoms with van der Waals surface area (Å²) in [7, 11) is 3.20. The lowest BCUT2D eigenvalue weighted by atomic mass is 9.44. The molecule has 0 saturated carbocycles. The minimum absolute atomic E-state index is 0.105. The van der Waals surface area contributed by atoms with Crippen molar-refractivity contribution in [1.82, 2.24) is 5.32 Å². The molecule has 1 saturated heterocycles. The second kappa shape index (κ2) is 6.98. The van der Waals surface area contributed by atoms with Gasteiger partial charge in [-0.05, 0) is 115 Å². The van der Waals surface area contributed by atoms with Crippen LogP contribution in [0.15, 0.2) is 92.1 Å². The number of hydrogen-bond donors (Lipinski definition) is 1. The first-order valence-corrected chi connectivity index (χ1v) is 12.4. The van der Waals surface area contributed by atoms with E-state index < -0.39 is 16.9 Å². The lowest BCUT2D eigenvalue weighted by Gasteiger charge is -2.56. The second-order valence-electron chi connectivity index (χ2n) is 10.6. The van der Waals surface area contributed by atoms with Gasteiger partial charge in [-0.15, -0.1) is 0 Å². The highest BCUT2D eigenvalue weighted by atomic mass is 16.5. The Labute approximate surface area is 207 Å². The number of carbonyl (C=O) groups is 1. The first-order valence-electron chi connectivity index (χ1n) is 12.4. The fraction of sp³-hybridized carbons (Fsp3) is 0.387. The molecule has 35 heavy (non-hydrogen) atoms. The molecule has 2 spiro atoms. The zero-order chi connectivity index (χ0) is 25.0. The molecule has 1 aromatic rings. The number of esters is 1. The van der Waals surface area contributed by atoms with Crippen LogP contribution in [0.5, 0.6) is 5.75 Å². The number of methoxy groups -OCH3 is 2. The zero-order valence-corrected chi connectivity index (χ0v) is 21.8. The molecule has 4 atom stereocenters. The van der Waals surface area contributed by atoms with E-state index in [4.69, 9.17) is 9.47 Å². The van der Waals surface area contributed by atoms with E-state index in [0.717, 1.165) is 11.3 Å². The van der Waals surface area contributed by atoms with Crippen LogP contribution in [0.3, 0.4) is 0 Å². The van der Waals surface area contributed by atoms with Gasteiger partial charge in [-0.3, -0.25) is 10.1 Å². The number of hydrogen-bond acceptors (Lipinski definition) is 4. The van der Waals surface area contributed by atoms with Crippen molar-refractivity contribution in [3.05, 3.63) is 97.7 Å². The molecule has 1 N–H and O–H groups in total. The Morgan fingerprint density at radius 3 is 1.77 bits per heavy atom. The standard InChI is InChI=1S/C31H33NO3/c1-15-17(3)25-19(5)20(6)26-18(4)16(2)24-14-13-23(15)30(25)27(21-9-11-22(34-7)12-10-21)32-28(29(33)35-8)31(24,26)30/h9-14,27-28,32H,1-8H3/t27-,28+,30?,31?/m1/s1. The summed E-state index contributed by atoms with van der Waals surface area (Å²) in [5.41, 5.74) is 13.2. The van der Waals surface area contributed by atoms with E-state index in [0.29, 0.717) is 0 Å². The Morgan fingerprint density at radius 1 is 0.743 bits per heavy atom. The van der Waals surface area contributed by atoms with E-state index in [9.17, 15) is 4.79 Å². The van der Waals surface area contributed by atoms with Gasteiger partial charge in [0.2, 0.25) is 0 Å². The number of nitrogens with one attached hydrogen (secondary N) is 1. The summed E-state index contributed by atoms with van der Waals surface area (Å²) in [4.78, 5) is 13.7. The van der Waals surface area contributed by atoms with Crippen molar-refractivity contribution in [2.24, 2.45) is 10.8 Å². The topological polar surface area (TPSA) is 47.6 Å². The minimum Gasteiger partial charge on any atom is -0.497 e. The molecule has 0 aromatic heterocycles. The average Bonchev–Trinajstić information content (AvgIpc) is 3.39. The van der Waals surface area contributed by atoms with E-state index >= 15 is 0 Å². The van der Waals surface area contributed by atoms with Crippen LogP contribution in [0.1, 0.15) is 53.1 Å². The molecule has 180 valence electrons. The first kappa shape index (κ1) is 22.4. The van der Waals surface area contributed by atoms with Crippen LogP contribution in [0.2, 0.25) is 0 Å². The van der Waals surface area contributed by atoms with E-state index in [1.165, 1.54) is 62.8 Å². The van der Waals surface area contributed by atoms with Gasteiger partial charge in [0.1, 0.15) is 11.8 Å². The van der Waals surface area contributed by atoms with E-state index in [1.54, 1.807) is 7.11 Å². The van der Waals surface area contributed by atoms with Gasteiger partial charge in [0.25, 0.3) is 0 Å². The highest BCUT2D eigenvalue weighted by molar-refractivity contribution is 5.89. The molecular formula is C31H33NO3. The fourth-order valence-electron chi connectivity index (χ4n) is 8.24. The van der Waals surface area contributed by atoms with Gasteiger partial charge >= 0.3 is 5.97 Å². The molecule has 1 fully saturated rings. The molecule has 5 aliphatic rings. The van der Waals surface area contributed by atoms with Crippen LogP contribution in [-0.4, -0.2) is 26.2 Å². The van der Waals surface area contributed by atoms with Crippen molar-refractivity contribution in [1.29, 1.82) is 0 Å². The average molecular weight is 468 g/mol. The van der Waals surface area contributed by atoms with Crippen LogP contribution < -0.4 is 10.1 Å². The van der Waals surface area contributed by atoms with Crippen LogP contribution in [-0.2, 0) is 9.53 Å². The van der Waals surface area contributed by atoms with Crippen molar-refractivity contribution in [3.63, 3.8) is 0 Å². The molecule has 0 amide bonds. The minimum atomic E-state index is -0.555. The Bertz CT molecular complexity index is 1410. The Hall–Kier alpha value is -3.11. The number of allylic oxidation sites excluding steroid dienone is 8. The lowest BCUT2D eigenvalue weighted by molar-refractivity contribution is -0.145. The lowest BCUT2D eigenvalue weighted by Crippen LogP contribution is -2.55.